The number of ether oxygens (including phenoxy) is 2. The smallest absolute Gasteiger partial charge is 0.254 e. The van der Waals surface area contributed by atoms with Crippen LogP contribution >= 0.6 is 11.8 Å². The van der Waals surface area contributed by atoms with Gasteiger partial charge in [-0.25, -0.2) is 4.99 Å². The Kier molecular flexibility index (Phi) is 7.74. The number of amidine groups is 1. The number of fused-ring (bicyclic) bond motifs is 1. The topological polar surface area (TPSA) is 74.7 Å². The summed E-state index contributed by atoms with van der Waals surface area (Å²) in [5, 5.41) is 2.75. The number of nitrogens with zero attached hydrogens (tertiary/aromatic N) is 4. The maximum Gasteiger partial charge on any atom is 0.254 e. The zero-order chi connectivity index (χ0) is 25.1. The molecular weight excluding hydrogens is 464 g/mol. The van der Waals surface area contributed by atoms with E-state index < -0.39 is 6.04 Å². The molecule has 1 aromatic rings. The number of likely N-dealkylation sites (tertiary alicyclic amines) is 1. The predicted octanol–water partition coefficient (Wildman–Crippen LogP) is 4.16. The quantitative estimate of drug-likeness (QED) is 0.536. The van der Waals surface area contributed by atoms with Crippen molar-refractivity contribution in [3.8, 4) is 11.5 Å². The van der Waals surface area contributed by atoms with E-state index in [0.717, 1.165) is 42.4 Å². The van der Waals surface area contributed by atoms with Gasteiger partial charge in [0, 0.05) is 37.4 Å². The zero-order valence-electron chi connectivity index (χ0n) is 21.2. The third-order valence-electron chi connectivity index (χ3n) is 6.80. The fraction of sp³-hybridized carbons (Fsp3) is 0.500. The molecule has 1 aromatic carbocycles. The Balaban J connectivity index is 1.82. The van der Waals surface area contributed by atoms with Gasteiger partial charge < -0.3 is 24.2 Å². The second-order valence-corrected chi connectivity index (χ2v) is 9.58. The van der Waals surface area contributed by atoms with E-state index in [1.165, 1.54) is 11.8 Å². The number of benzene rings is 1. The van der Waals surface area contributed by atoms with Crippen molar-refractivity contribution >= 4 is 28.7 Å². The molecular formula is C26H34N4O4S. The molecule has 2 amide bonds. The maximum absolute atomic E-state index is 13.8. The van der Waals surface area contributed by atoms with Gasteiger partial charge in [-0.05, 0) is 57.2 Å². The Morgan fingerprint density at radius 3 is 2.49 bits per heavy atom. The molecule has 1 unspecified atom stereocenters. The van der Waals surface area contributed by atoms with E-state index in [0.29, 0.717) is 35.9 Å². The fourth-order valence-electron chi connectivity index (χ4n) is 4.90. The van der Waals surface area contributed by atoms with Gasteiger partial charge >= 0.3 is 0 Å². The molecule has 3 heterocycles. The summed E-state index contributed by atoms with van der Waals surface area (Å²) in [5.41, 5.74) is 2.91. The van der Waals surface area contributed by atoms with Crippen LogP contribution < -0.4 is 9.47 Å². The molecule has 1 atom stereocenters. The SMILES string of the molecule is CCN(CC)C(=O)C1=C(C)N=C2SC=C(CC(=O)N3CCCC3)N2C1c1cc(OC)ccc1OC. The van der Waals surface area contributed by atoms with Crippen molar-refractivity contribution in [1.82, 2.24) is 14.7 Å². The molecule has 8 nitrogen and oxygen atoms in total. The summed E-state index contributed by atoms with van der Waals surface area (Å²) in [6.07, 6.45) is 2.36. The maximum atomic E-state index is 13.8. The lowest BCUT2D eigenvalue weighted by Gasteiger charge is -2.38. The standard InChI is InChI=1S/C26H34N4O4S/c1-6-28(7-2)25(32)23-17(3)27-26-30(18(16-35-26)14-22(31)29-12-8-9-13-29)24(23)20-15-19(33-4)10-11-21(20)34-5/h10-11,15-16,24H,6-9,12-14H2,1-5H3. The predicted molar refractivity (Wildman–Crippen MR) is 138 cm³/mol. The number of amides is 2. The first-order chi connectivity index (χ1) is 16.9. The molecule has 9 heteroatoms. The van der Waals surface area contributed by atoms with Gasteiger partial charge in [-0.1, -0.05) is 11.8 Å². The molecule has 1 fully saturated rings. The lowest BCUT2D eigenvalue weighted by molar-refractivity contribution is -0.129. The summed E-state index contributed by atoms with van der Waals surface area (Å²) in [4.78, 5) is 37.5. The van der Waals surface area contributed by atoms with E-state index in [9.17, 15) is 9.59 Å². The summed E-state index contributed by atoms with van der Waals surface area (Å²) < 4.78 is 11.3. The first-order valence-electron chi connectivity index (χ1n) is 12.2. The lowest BCUT2D eigenvalue weighted by atomic mass is 9.91. The van der Waals surface area contributed by atoms with Crippen LogP contribution in [0.15, 0.2) is 45.6 Å². The number of carbonyl (C=O) groups is 2. The first-order valence-corrected chi connectivity index (χ1v) is 13.0. The molecule has 4 rings (SSSR count). The van der Waals surface area contributed by atoms with Gasteiger partial charge in [0.25, 0.3) is 5.91 Å². The minimum Gasteiger partial charge on any atom is -0.497 e. The average molecular weight is 499 g/mol. The number of carbonyl (C=O) groups excluding carboxylic acids is 2. The van der Waals surface area contributed by atoms with Gasteiger partial charge in [0.15, 0.2) is 5.17 Å². The van der Waals surface area contributed by atoms with Crippen LogP contribution in [0, 0.1) is 0 Å². The van der Waals surface area contributed by atoms with Crippen LogP contribution in [-0.4, -0.2) is 72.1 Å². The third kappa shape index (κ3) is 4.78. The molecule has 1 saturated heterocycles. The number of hydrogen-bond donors (Lipinski definition) is 0. The summed E-state index contributed by atoms with van der Waals surface area (Å²) in [6, 6.07) is 5.12. The van der Waals surface area contributed by atoms with Crippen molar-refractivity contribution in [2.45, 2.75) is 46.1 Å². The number of hydrogen-bond acceptors (Lipinski definition) is 7. The van der Waals surface area contributed by atoms with E-state index in [2.05, 4.69) is 0 Å². The molecule has 0 bridgehead atoms. The Hall–Kier alpha value is -2.94. The van der Waals surface area contributed by atoms with Crippen LogP contribution in [-0.2, 0) is 9.59 Å². The van der Waals surface area contributed by atoms with Crippen LogP contribution in [0.1, 0.15) is 51.6 Å². The van der Waals surface area contributed by atoms with Crippen LogP contribution in [0.2, 0.25) is 0 Å². The van der Waals surface area contributed by atoms with Gasteiger partial charge in [-0.2, -0.15) is 0 Å². The second kappa shape index (κ2) is 10.8. The number of thioether (sulfide) groups is 1. The molecule has 188 valence electrons. The molecule has 3 aliphatic rings. The number of methoxy groups -OCH3 is 2. The third-order valence-corrected chi connectivity index (χ3v) is 7.69. The second-order valence-electron chi connectivity index (χ2n) is 8.74. The summed E-state index contributed by atoms with van der Waals surface area (Å²) in [6.45, 7) is 8.62. The van der Waals surface area contributed by atoms with Crippen LogP contribution in [0.5, 0.6) is 11.5 Å². The highest BCUT2D eigenvalue weighted by molar-refractivity contribution is 8.16. The van der Waals surface area contributed by atoms with Crippen LogP contribution in [0.4, 0.5) is 0 Å². The van der Waals surface area contributed by atoms with Gasteiger partial charge in [0.05, 0.1) is 38.0 Å². The van der Waals surface area contributed by atoms with Crippen molar-refractivity contribution in [2.75, 3.05) is 40.4 Å². The summed E-state index contributed by atoms with van der Waals surface area (Å²) in [5.74, 6) is 1.36. The molecule has 0 aromatic heterocycles. The van der Waals surface area contributed by atoms with Crippen LogP contribution in [0.3, 0.4) is 0 Å². The average Bonchev–Trinajstić information content (AvgIpc) is 3.54. The number of rotatable bonds is 8. The van der Waals surface area contributed by atoms with Gasteiger partial charge in [0.2, 0.25) is 5.91 Å². The largest absolute Gasteiger partial charge is 0.497 e. The molecule has 0 N–H and O–H groups in total. The Morgan fingerprint density at radius 1 is 1.14 bits per heavy atom. The Bertz CT molecular complexity index is 1090. The fourth-order valence-corrected chi connectivity index (χ4v) is 5.87. The lowest BCUT2D eigenvalue weighted by Crippen LogP contribution is -2.42. The van der Waals surface area contributed by atoms with Gasteiger partial charge in [0.1, 0.15) is 11.5 Å². The van der Waals surface area contributed by atoms with Crippen molar-refractivity contribution in [3.63, 3.8) is 0 Å². The van der Waals surface area contributed by atoms with Crippen molar-refractivity contribution in [1.29, 1.82) is 0 Å². The van der Waals surface area contributed by atoms with E-state index in [1.807, 2.05) is 54.2 Å². The van der Waals surface area contributed by atoms with Crippen molar-refractivity contribution in [2.24, 2.45) is 4.99 Å². The molecule has 0 spiro atoms. The Morgan fingerprint density at radius 2 is 1.86 bits per heavy atom. The van der Waals surface area contributed by atoms with Crippen LogP contribution in [0.25, 0.3) is 0 Å². The highest BCUT2D eigenvalue weighted by Gasteiger charge is 2.43. The monoisotopic (exact) mass is 498 g/mol. The van der Waals surface area contributed by atoms with E-state index in [4.69, 9.17) is 14.5 Å². The summed E-state index contributed by atoms with van der Waals surface area (Å²) >= 11 is 1.49. The number of allylic oxidation sites excluding steroid dienone is 1. The molecule has 3 aliphatic heterocycles. The van der Waals surface area contributed by atoms with Crippen molar-refractivity contribution in [3.05, 3.63) is 46.1 Å². The normalized spacial score (nSPS) is 19.4. The van der Waals surface area contributed by atoms with Crippen molar-refractivity contribution < 1.29 is 19.1 Å². The first kappa shape index (κ1) is 25.2. The Labute approximate surface area is 211 Å². The molecule has 35 heavy (non-hydrogen) atoms. The molecule has 0 radical (unpaired) electrons. The minimum absolute atomic E-state index is 0.0627. The molecule has 0 aliphatic carbocycles. The van der Waals surface area contributed by atoms with E-state index in [1.54, 1.807) is 19.1 Å². The molecule has 0 saturated carbocycles. The number of likely N-dealkylation sites (N-methyl/N-ethyl adjacent to an activating group) is 1. The summed E-state index contributed by atoms with van der Waals surface area (Å²) in [7, 11) is 3.24. The van der Waals surface area contributed by atoms with E-state index in [-0.39, 0.29) is 18.2 Å². The van der Waals surface area contributed by atoms with Gasteiger partial charge in [-0.15, -0.1) is 0 Å². The van der Waals surface area contributed by atoms with E-state index >= 15 is 0 Å². The zero-order valence-corrected chi connectivity index (χ0v) is 22.0. The minimum atomic E-state index is -0.492. The van der Waals surface area contributed by atoms with Gasteiger partial charge in [-0.3, -0.25) is 9.59 Å². The number of aliphatic imine (C=N–C) groups is 1. The highest BCUT2D eigenvalue weighted by atomic mass is 32.2. The highest BCUT2D eigenvalue weighted by Crippen LogP contribution is 2.48.